The van der Waals surface area contributed by atoms with Gasteiger partial charge in [0.15, 0.2) is 5.13 Å². The first-order chi connectivity index (χ1) is 18.2. The van der Waals surface area contributed by atoms with Crippen molar-refractivity contribution in [1.82, 2.24) is 13.9 Å². The minimum Gasteiger partial charge on any atom is -0.327 e. The van der Waals surface area contributed by atoms with Gasteiger partial charge >= 0.3 is 0 Å². The first-order valence-corrected chi connectivity index (χ1v) is 14.6. The minimum absolute atomic E-state index is 0.215. The zero-order valence-corrected chi connectivity index (χ0v) is 22.0. The smallest absolute Gasteiger partial charge is 0.256 e. The van der Waals surface area contributed by atoms with Crippen molar-refractivity contribution in [1.29, 1.82) is 0 Å². The third-order valence-electron chi connectivity index (χ3n) is 6.39. The molecule has 0 unspecified atom stereocenters. The van der Waals surface area contributed by atoms with E-state index in [2.05, 4.69) is 10.3 Å². The van der Waals surface area contributed by atoms with Crippen LogP contribution in [0, 0.1) is 0 Å². The zero-order chi connectivity index (χ0) is 26.9. The number of carbonyl (C=O) groups excluding carboxylic acids is 3. The third kappa shape index (κ3) is 5.29. The number of aldehydes is 1. The van der Waals surface area contributed by atoms with Crippen LogP contribution in [0.1, 0.15) is 33.6 Å². The molecule has 194 valence electrons. The van der Waals surface area contributed by atoms with Crippen molar-refractivity contribution in [2.75, 3.05) is 18.1 Å². The fourth-order valence-electron chi connectivity index (χ4n) is 4.42. The van der Waals surface area contributed by atoms with Gasteiger partial charge in [0.05, 0.1) is 17.5 Å². The molecule has 1 fully saturated rings. The van der Waals surface area contributed by atoms with Crippen LogP contribution < -0.4 is 5.32 Å². The van der Waals surface area contributed by atoms with Crippen LogP contribution in [-0.2, 0) is 14.8 Å². The molecule has 2 aromatic carbocycles. The molecule has 2 aromatic heterocycles. The van der Waals surface area contributed by atoms with Crippen LogP contribution in [0.15, 0.2) is 72.4 Å². The maximum absolute atomic E-state index is 13.1. The van der Waals surface area contributed by atoms with Crippen molar-refractivity contribution in [2.24, 2.45) is 0 Å². The molecule has 0 radical (unpaired) electrons. The lowest BCUT2D eigenvalue weighted by Gasteiger charge is -2.23. The molecule has 1 aliphatic rings. The minimum atomic E-state index is -3.50. The van der Waals surface area contributed by atoms with E-state index in [0.717, 1.165) is 33.2 Å². The number of amides is 2. The summed E-state index contributed by atoms with van der Waals surface area (Å²) in [6, 6.07) is 15.9. The Balaban J connectivity index is 1.29. The first-order valence-electron chi connectivity index (χ1n) is 11.8. The number of rotatable bonds is 7. The fourth-order valence-corrected chi connectivity index (χ4v) is 5.73. The number of thiazole rings is 1. The lowest BCUT2D eigenvalue weighted by Crippen LogP contribution is -2.43. The molecule has 0 spiro atoms. The van der Waals surface area contributed by atoms with Gasteiger partial charge in [-0.15, -0.1) is 11.3 Å². The molecule has 0 aliphatic carbocycles. The molecule has 0 bridgehead atoms. The topological polar surface area (TPSA) is 118 Å². The molecule has 0 saturated carbocycles. The van der Waals surface area contributed by atoms with Crippen molar-refractivity contribution in [2.45, 2.75) is 18.9 Å². The van der Waals surface area contributed by atoms with Gasteiger partial charge in [0.2, 0.25) is 15.9 Å². The SMILES string of the molecule is CS(=O)(=O)n1ccc(C(=O)N2CCC[C@H]2C(=O)Nc2nc(-c3cccc(-c4ccc(C=O)cc4)c3)cs2)c1. The molecule has 1 N–H and O–H groups in total. The number of hydrogen-bond acceptors (Lipinski definition) is 7. The fraction of sp³-hybridized carbons (Fsp3) is 0.185. The summed E-state index contributed by atoms with van der Waals surface area (Å²) in [7, 11) is -3.50. The Hall–Kier alpha value is -4.09. The predicted molar refractivity (Wildman–Crippen MR) is 146 cm³/mol. The maximum atomic E-state index is 13.1. The van der Waals surface area contributed by atoms with Gasteiger partial charge in [0.1, 0.15) is 12.3 Å². The van der Waals surface area contributed by atoms with E-state index in [1.807, 2.05) is 41.8 Å². The number of hydrogen-bond donors (Lipinski definition) is 1. The van der Waals surface area contributed by atoms with E-state index in [0.29, 0.717) is 35.8 Å². The monoisotopic (exact) mass is 548 g/mol. The second-order valence-corrected chi connectivity index (χ2v) is 11.7. The molecule has 5 rings (SSSR count). The quantitative estimate of drug-likeness (QED) is 0.347. The van der Waals surface area contributed by atoms with Crippen molar-refractivity contribution in [3.05, 3.63) is 83.5 Å². The summed E-state index contributed by atoms with van der Waals surface area (Å²) in [6.07, 6.45) is 5.62. The van der Waals surface area contributed by atoms with Crippen molar-refractivity contribution in [3.8, 4) is 22.4 Å². The molecule has 2 amide bonds. The molecule has 1 atom stereocenters. The van der Waals surface area contributed by atoms with E-state index >= 15 is 0 Å². The van der Waals surface area contributed by atoms with Gasteiger partial charge in [0.25, 0.3) is 5.91 Å². The average molecular weight is 549 g/mol. The van der Waals surface area contributed by atoms with Gasteiger partial charge in [-0.05, 0) is 36.1 Å². The summed E-state index contributed by atoms with van der Waals surface area (Å²) in [6.45, 7) is 0.407. The van der Waals surface area contributed by atoms with E-state index in [-0.39, 0.29) is 17.4 Å². The highest BCUT2D eigenvalue weighted by molar-refractivity contribution is 7.89. The Kier molecular flexibility index (Phi) is 6.96. The van der Waals surface area contributed by atoms with E-state index in [1.165, 1.54) is 34.7 Å². The van der Waals surface area contributed by atoms with Gasteiger partial charge in [-0.25, -0.2) is 13.4 Å². The summed E-state index contributed by atoms with van der Waals surface area (Å²) in [4.78, 5) is 43.1. The van der Waals surface area contributed by atoms with Crippen LogP contribution in [0.5, 0.6) is 0 Å². The predicted octanol–water partition coefficient (Wildman–Crippen LogP) is 4.14. The Morgan fingerprint density at radius 2 is 1.84 bits per heavy atom. The Bertz CT molecular complexity index is 1620. The van der Waals surface area contributed by atoms with E-state index in [1.54, 1.807) is 12.1 Å². The Labute approximate surface area is 223 Å². The summed E-state index contributed by atoms with van der Waals surface area (Å²) >= 11 is 1.29. The number of aromatic nitrogens is 2. The van der Waals surface area contributed by atoms with Crippen LogP contribution in [0.3, 0.4) is 0 Å². The van der Waals surface area contributed by atoms with Crippen LogP contribution in [0.4, 0.5) is 5.13 Å². The van der Waals surface area contributed by atoms with Crippen LogP contribution in [-0.4, -0.2) is 59.2 Å². The summed E-state index contributed by atoms with van der Waals surface area (Å²) in [5, 5.41) is 5.12. The van der Waals surface area contributed by atoms with Gasteiger partial charge in [-0.2, -0.15) is 0 Å². The lowest BCUT2D eigenvalue weighted by molar-refractivity contribution is -0.119. The molecule has 1 aliphatic heterocycles. The van der Waals surface area contributed by atoms with Crippen LogP contribution >= 0.6 is 11.3 Å². The average Bonchev–Trinajstić information content (AvgIpc) is 3.69. The molecular formula is C27H24N4O5S2. The maximum Gasteiger partial charge on any atom is 0.256 e. The van der Waals surface area contributed by atoms with Crippen molar-refractivity contribution < 1.29 is 22.8 Å². The second-order valence-electron chi connectivity index (χ2n) is 9.00. The molecule has 11 heteroatoms. The summed E-state index contributed by atoms with van der Waals surface area (Å²) in [5.41, 5.74) is 4.36. The molecular weight excluding hydrogens is 524 g/mol. The van der Waals surface area contributed by atoms with Crippen LogP contribution in [0.25, 0.3) is 22.4 Å². The Morgan fingerprint density at radius 1 is 1.08 bits per heavy atom. The van der Waals surface area contributed by atoms with Gasteiger partial charge in [0, 0.05) is 35.4 Å². The van der Waals surface area contributed by atoms with Gasteiger partial charge in [-0.1, -0.05) is 42.5 Å². The number of anilines is 1. The number of carbonyl (C=O) groups is 3. The van der Waals surface area contributed by atoms with E-state index in [9.17, 15) is 22.8 Å². The highest BCUT2D eigenvalue weighted by atomic mass is 32.2. The lowest BCUT2D eigenvalue weighted by atomic mass is 10.0. The van der Waals surface area contributed by atoms with Crippen molar-refractivity contribution >= 4 is 44.6 Å². The van der Waals surface area contributed by atoms with Gasteiger partial charge in [-0.3, -0.25) is 18.4 Å². The standard InChI is InChI=1S/C27H24N4O5S2/c1-38(35,36)30-13-11-22(15-30)26(34)31-12-3-6-24(31)25(33)29-27-28-23(17-37-27)21-5-2-4-20(14-21)19-9-7-18(16-32)8-10-19/h2,4-5,7-11,13-17,24H,3,6,12H2,1H3,(H,28,29,33)/t24-/m0/s1. The highest BCUT2D eigenvalue weighted by Crippen LogP contribution is 2.30. The number of likely N-dealkylation sites (tertiary alicyclic amines) is 1. The highest BCUT2D eigenvalue weighted by Gasteiger charge is 2.35. The van der Waals surface area contributed by atoms with Gasteiger partial charge < -0.3 is 10.2 Å². The van der Waals surface area contributed by atoms with E-state index in [4.69, 9.17) is 0 Å². The number of nitrogens with one attached hydrogen (secondary N) is 1. The van der Waals surface area contributed by atoms with E-state index < -0.39 is 16.1 Å². The van der Waals surface area contributed by atoms with Crippen LogP contribution in [0.2, 0.25) is 0 Å². The summed E-state index contributed by atoms with van der Waals surface area (Å²) in [5.74, 6) is -0.716. The molecule has 4 aromatic rings. The Morgan fingerprint density at radius 3 is 2.55 bits per heavy atom. The van der Waals surface area contributed by atoms with Crippen molar-refractivity contribution in [3.63, 3.8) is 0 Å². The third-order valence-corrected chi connectivity index (χ3v) is 8.14. The summed E-state index contributed by atoms with van der Waals surface area (Å²) < 4.78 is 24.5. The zero-order valence-electron chi connectivity index (χ0n) is 20.4. The second kappa shape index (κ2) is 10.3. The molecule has 38 heavy (non-hydrogen) atoms. The molecule has 9 nitrogen and oxygen atoms in total. The first kappa shape index (κ1) is 25.6. The number of benzene rings is 2. The largest absolute Gasteiger partial charge is 0.327 e. The number of nitrogens with zero attached hydrogens (tertiary/aromatic N) is 3. The normalized spacial score (nSPS) is 15.4. The molecule has 3 heterocycles. The molecule has 1 saturated heterocycles.